The van der Waals surface area contributed by atoms with E-state index in [1.165, 1.54) is 22.7 Å². The van der Waals surface area contributed by atoms with Crippen LogP contribution in [-0.4, -0.2) is 44.0 Å². The van der Waals surface area contributed by atoms with Crippen LogP contribution in [0.25, 0.3) is 0 Å². The van der Waals surface area contributed by atoms with E-state index in [4.69, 9.17) is 0 Å². The summed E-state index contributed by atoms with van der Waals surface area (Å²) in [5.74, 6) is -1.06. The Morgan fingerprint density at radius 3 is 2.52 bits per heavy atom. The van der Waals surface area contributed by atoms with Crippen LogP contribution in [0.4, 0.5) is 4.39 Å². The summed E-state index contributed by atoms with van der Waals surface area (Å²) < 4.78 is 38.4. The van der Waals surface area contributed by atoms with E-state index in [1.807, 2.05) is 0 Å². The Kier molecular flexibility index (Phi) is 5.00. The summed E-state index contributed by atoms with van der Waals surface area (Å²) in [7, 11) is -3.19. The van der Waals surface area contributed by atoms with Gasteiger partial charge in [-0.3, -0.25) is 4.79 Å². The minimum atomic E-state index is -3.19. The van der Waals surface area contributed by atoms with E-state index in [0.29, 0.717) is 30.4 Å². The molecular weight excluding hydrogens is 363 g/mol. The molecule has 1 aromatic rings. The van der Waals surface area contributed by atoms with Crippen LogP contribution in [0.15, 0.2) is 22.7 Å². The van der Waals surface area contributed by atoms with Crippen molar-refractivity contribution in [3.05, 3.63) is 34.1 Å². The molecule has 1 aromatic carbocycles. The second-order valence-electron chi connectivity index (χ2n) is 5.03. The van der Waals surface area contributed by atoms with Crippen molar-refractivity contribution in [1.82, 2.24) is 9.62 Å². The number of carbonyl (C=O) groups is 1. The Labute approximate surface area is 131 Å². The minimum Gasteiger partial charge on any atom is -0.349 e. The van der Waals surface area contributed by atoms with Crippen LogP contribution in [0.3, 0.4) is 0 Å². The molecule has 116 valence electrons. The molecule has 5 nitrogen and oxygen atoms in total. The predicted molar refractivity (Wildman–Crippen MR) is 81.0 cm³/mol. The summed E-state index contributed by atoms with van der Waals surface area (Å²) in [6.45, 7) is 0.735. The van der Waals surface area contributed by atoms with E-state index in [2.05, 4.69) is 21.2 Å². The zero-order valence-corrected chi connectivity index (χ0v) is 13.9. The lowest BCUT2D eigenvalue weighted by molar-refractivity contribution is 0.0920. The molecule has 1 aliphatic rings. The standard InChI is InChI=1S/C13H16BrFN2O3S/c1-21(19,20)17-6-4-10(5-7-17)16-13(18)11-3-2-9(14)8-12(11)15/h2-3,8,10H,4-7H2,1H3,(H,16,18). The predicted octanol–water partition coefficient (Wildman–Crippen LogP) is 1.74. The van der Waals surface area contributed by atoms with Gasteiger partial charge in [-0.15, -0.1) is 0 Å². The fourth-order valence-electron chi connectivity index (χ4n) is 2.27. The number of hydrogen-bond acceptors (Lipinski definition) is 3. The first-order chi connectivity index (χ1) is 9.77. The number of piperidine rings is 1. The fraction of sp³-hybridized carbons (Fsp3) is 0.462. The van der Waals surface area contributed by atoms with Crippen LogP contribution in [0.1, 0.15) is 23.2 Å². The van der Waals surface area contributed by atoms with Gasteiger partial charge in [0.2, 0.25) is 10.0 Å². The lowest BCUT2D eigenvalue weighted by atomic mass is 10.1. The van der Waals surface area contributed by atoms with Gasteiger partial charge in [-0.05, 0) is 31.0 Å². The highest BCUT2D eigenvalue weighted by atomic mass is 79.9. The monoisotopic (exact) mass is 378 g/mol. The van der Waals surface area contributed by atoms with Gasteiger partial charge in [-0.25, -0.2) is 17.1 Å². The summed E-state index contributed by atoms with van der Waals surface area (Å²) in [4.78, 5) is 12.0. The molecule has 0 unspecified atom stereocenters. The number of rotatable bonds is 3. The molecule has 1 amide bonds. The third-order valence-corrected chi connectivity index (χ3v) is 5.23. The van der Waals surface area contributed by atoms with E-state index in [1.54, 1.807) is 6.07 Å². The molecule has 0 atom stereocenters. The minimum absolute atomic E-state index is 0.0104. The average molecular weight is 379 g/mol. The number of nitrogens with one attached hydrogen (secondary N) is 1. The molecule has 0 spiro atoms. The molecule has 0 bridgehead atoms. The van der Waals surface area contributed by atoms with Crippen molar-refractivity contribution in [2.24, 2.45) is 0 Å². The van der Waals surface area contributed by atoms with Crippen molar-refractivity contribution in [1.29, 1.82) is 0 Å². The third kappa shape index (κ3) is 4.24. The van der Waals surface area contributed by atoms with Crippen molar-refractivity contribution in [2.75, 3.05) is 19.3 Å². The van der Waals surface area contributed by atoms with Crippen molar-refractivity contribution in [3.8, 4) is 0 Å². The Morgan fingerprint density at radius 1 is 1.38 bits per heavy atom. The lowest BCUT2D eigenvalue weighted by Gasteiger charge is -2.30. The van der Waals surface area contributed by atoms with E-state index >= 15 is 0 Å². The van der Waals surface area contributed by atoms with Crippen LogP contribution in [0.2, 0.25) is 0 Å². The number of nitrogens with zero attached hydrogens (tertiary/aromatic N) is 1. The Morgan fingerprint density at radius 2 is 2.00 bits per heavy atom. The van der Waals surface area contributed by atoms with Crippen LogP contribution in [-0.2, 0) is 10.0 Å². The van der Waals surface area contributed by atoms with Crippen LogP contribution < -0.4 is 5.32 Å². The Bertz CT molecular complexity index is 643. The maximum Gasteiger partial charge on any atom is 0.254 e. The van der Waals surface area contributed by atoms with E-state index in [0.717, 1.165) is 0 Å². The van der Waals surface area contributed by atoms with Crippen LogP contribution in [0.5, 0.6) is 0 Å². The summed E-state index contributed by atoms with van der Waals surface area (Å²) in [6, 6.07) is 4.12. The van der Waals surface area contributed by atoms with Crippen molar-refractivity contribution in [2.45, 2.75) is 18.9 Å². The zero-order chi connectivity index (χ0) is 15.6. The molecule has 1 fully saturated rings. The fourth-order valence-corrected chi connectivity index (χ4v) is 3.48. The van der Waals surface area contributed by atoms with Crippen molar-refractivity contribution >= 4 is 31.9 Å². The summed E-state index contributed by atoms with van der Waals surface area (Å²) in [5, 5.41) is 2.75. The molecule has 0 aromatic heterocycles. The largest absolute Gasteiger partial charge is 0.349 e. The molecule has 0 saturated carbocycles. The lowest BCUT2D eigenvalue weighted by Crippen LogP contribution is -2.46. The number of hydrogen-bond donors (Lipinski definition) is 1. The molecule has 0 radical (unpaired) electrons. The first kappa shape index (κ1) is 16.4. The van der Waals surface area contributed by atoms with Gasteiger partial charge in [-0.2, -0.15) is 0 Å². The highest BCUT2D eigenvalue weighted by molar-refractivity contribution is 9.10. The highest BCUT2D eigenvalue weighted by Crippen LogP contribution is 2.17. The van der Waals surface area contributed by atoms with Crippen LogP contribution in [0, 0.1) is 5.82 Å². The molecule has 1 saturated heterocycles. The molecule has 0 aliphatic carbocycles. The average Bonchev–Trinajstić information content (AvgIpc) is 2.38. The van der Waals surface area contributed by atoms with Gasteiger partial charge in [0.15, 0.2) is 0 Å². The van der Waals surface area contributed by atoms with Crippen LogP contribution >= 0.6 is 15.9 Å². The van der Waals surface area contributed by atoms with E-state index < -0.39 is 21.7 Å². The second kappa shape index (κ2) is 6.41. The Balaban J connectivity index is 1.96. The summed E-state index contributed by atoms with van der Waals surface area (Å²) in [5.41, 5.74) is -0.0104. The van der Waals surface area contributed by atoms with Gasteiger partial charge in [-0.1, -0.05) is 15.9 Å². The molecule has 1 aliphatic heterocycles. The van der Waals surface area contributed by atoms with Crippen molar-refractivity contribution in [3.63, 3.8) is 0 Å². The molecule has 1 heterocycles. The van der Waals surface area contributed by atoms with Crippen molar-refractivity contribution < 1.29 is 17.6 Å². The number of amides is 1. The molecule has 21 heavy (non-hydrogen) atoms. The quantitative estimate of drug-likeness (QED) is 0.870. The van der Waals surface area contributed by atoms with E-state index in [9.17, 15) is 17.6 Å². The van der Waals surface area contributed by atoms with E-state index in [-0.39, 0.29) is 11.6 Å². The molecular formula is C13H16BrFN2O3S. The number of halogens is 2. The second-order valence-corrected chi connectivity index (χ2v) is 7.93. The SMILES string of the molecule is CS(=O)(=O)N1CCC(NC(=O)c2ccc(Br)cc2F)CC1. The number of carbonyl (C=O) groups excluding carboxylic acids is 1. The number of sulfonamides is 1. The number of benzene rings is 1. The Hall–Kier alpha value is -0.990. The van der Waals surface area contributed by atoms with Gasteiger partial charge in [0, 0.05) is 23.6 Å². The summed E-state index contributed by atoms with van der Waals surface area (Å²) >= 11 is 3.13. The first-order valence-corrected chi connectivity index (χ1v) is 9.12. The molecule has 2 rings (SSSR count). The highest BCUT2D eigenvalue weighted by Gasteiger charge is 2.26. The van der Waals surface area contributed by atoms with Gasteiger partial charge >= 0.3 is 0 Å². The summed E-state index contributed by atoms with van der Waals surface area (Å²) in [6.07, 6.45) is 2.22. The zero-order valence-electron chi connectivity index (χ0n) is 11.5. The maximum atomic E-state index is 13.7. The van der Waals surface area contributed by atoms with Gasteiger partial charge < -0.3 is 5.32 Å². The normalized spacial score (nSPS) is 17.7. The smallest absolute Gasteiger partial charge is 0.254 e. The van der Waals surface area contributed by atoms with Gasteiger partial charge in [0.25, 0.3) is 5.91 Å². The third-order valence-electron chi connectivity index (χ3n) is 3.43. The van der Waals surface area contributed by atoms with Gasteiger partial charge in [0.05, 0.1) is 11.8 Å². The van der Waals surface area contributed by atoms with Gasteiger partial charge in [0.1, 0.15) is 5.82 Å². The molecule has 8 heteroatoms. The topological polar surface area (TPSA) is 66.5 Å². The maximum absolute atomic E-state index is 13.7. The molecule has 1 N–H and O–H groups in total. The first-order valence-electron chi connectivity index (χ1n) is 6.48.